The van der Waals surface area contributed by atoms with Gasteiger partial charge in [-0.15, -0.1) is 0 Å². The van der Waals surface area contributed by atoms with E-state index in [1.165, 1.54) is 0 Å². The molecular weight excluding hydrogens is 318 g/mol. The van der Waals surface area contributed by atoms with Gasteiger partial charge in [-0.25, -0.2) is 0 Å². The first kappa shape index (κ1) is 22.9. The quantitative estimate of drug-likeness (QED) is 0.295. The molecule has 0 fully saturated rings. The van der Waals surface area contributed by atoms with Crippen LogP contribution in [0.15, 0.2) is 0 Å². The summed E-state index contributed by atoms with van der Waals surface area (Å²) < 4.78 is 34.0. The van der Waals surface area contributed by atoms with Crippen molar-refractivity contribution in [1.29, 1.82) is 0 Å². The first-order valence-electron chi connectivity index (χ1n) is 8.59. The highest BCUT2D eigenvalue weighted by Gasteiger charge is 2.40. The second-order valence-electron chi connectivity index (χ2n) is 4.71. The second-order valence-corrected chi connectivity index (χ2v) is 7.44. The Morgan fingerprint density at radius 3 is 1.35 bits per heavy atom. The van der Waals surface area contributed by atoms with Crippen molar-refractivity contribution in [3.8, 4) is 0 Å². The van der Waals surface area contributed by atoms with E-state index in [4.69, 9.17) is 33.2 Å². The molecule has 0 unspecified atom stereocenters. The Balaban J connectivity index is 4.51. The molecule has 0 saturated carbocycles. The monoisotopic (exact) mass is 353 g/mol. The topological polar surface area (TPSA) is 81.4 Å². The summed E-state index contributed by atoms with van der Waals surface area (Å²) in [7, 11) is -2.79. The third-order valence-electron chi connectivity index (χ3n) is 2.95. The van der Waals surface area contributed by atoms with Crippen molar-refractivity contribution in [3.05, 3.63) is 0 Å². The Labute approximate surface area is 142 Å². The zero-order chi connectivity index (χ0) is 17.2. The summed E-state index contributed by atoms with van der Waals surface area (Å²) in [4.78, 5) is 0. The molecule has 0 spiro atoms. The molecule has 0 aromatic rings. The number of nitrogens with two attached hydrogens (primary N) is 1. The van der Waals surface area contributed by atoms with E-state index < -0.39 is 8.80 Å². The summed E-state index contributed by atoms with van der Waals surface area (Å²) in [5, 5.41) is 0. The number of ether oxygens (including phenoxy) is 3. The Morgan fingerprint density at radius 2 is 1.04 bits per heavy atom. The molecule has 0 aromatic carbocycles. The van der Waals surface area contributed by atoms with Crippen LogP contribution in [0.3, 0.4) is 0 Å². The SMILES string of the molecule is CCOCCO[Si](CCCN)(OCCOCC)OCCOCC. The highest BCUT2D eigenvalue weighted by atomic mass is 28.4. The van der Waals surface area contributed by atoms with Gasteiger partial charge < -0.3 is 33.2 Å². The largest absolute Gasteiger partial charge is 0.501 e. The van der Waals surface area contributed by atoms with Crippen LogP contribution in [0.2, 0.25) is 6.04 Å². The molecule has 23 heavy (non-hydrogen) atoms. The summed E-state index contributed by atoms with van der Waals surface area (Å²) in [6.45, 7) is 11.4. The maximum atomic E-state index is 6.00. The van der Waals surface area contributed by atoms with Gasteiger partial charge in [-0.2, -0.15) is 0 Å². The van der Waals surface area contributed by atoms with Gasteiger partial charge in [0.25, 0.3) is 0 Å². The molecule has 0 atom stereocenters. The van der Waals surface area contributed by atoms with Gasteiger partial charge >= 0.3 is 8.80 Å². The lowest BCUT2D eigenvalue weighted by Crippen LogP contribution is -2.48. The zero-order valence-corrected chi connectivity index (χ0v) is 16.0. The minimum atomic E-state index is -2.79. The average molecular weight is 354 g/mol. The lowest BCUT2D eigenvalue weighted by molar-refractivity contribution is 0.00335. The highest BCUT2D eigenvalue weighted by Crippen LogP contribution is 2.18. The summed E-state index contributed by atoms with van der Waals surface area (Å²) in [5.74, 6) is 0. The first-order chi connectivity index (χ1) is 11.2. The normalized spacial score (nSPS) is 12.0. The molecule has 0 aliphatic rings. The van der Waals surface area contributed by atoms with Crippen LogP contribution in [0.1, 0.15) is 27.2 Å². The predicted octanol–water partition coefficient (Wildman–Crippen LogP) is 1.43. The molecule has 0 saturated heterocycles. The summed E-state index contributed by atoms with van der Waals surface area (Å²) in [6, 6.07) is 0.688. The molecule has 0 aromatic heterocycles. The predicted molar refractivity (Wildman–Crippen MR) is 91.6 cm³/mol. The average Bonchev–Trinajstić information content (AvgIpc) is 2.57. The summed E-state index contributed by atoms with van der Waals surface area (Å²) in [6.07, 6.45) is 0.796. The zero-order valence-electron chi connectivity index (χ0n) is 15.0. The van der Waals surface area contributed by atoms with Gasteiger partial charge in [-0.3, -0.25) is 0 Å². The van der Waals surface area contributed by atoms with Crippen LogP contribution in [0.25, 0.3) is 0 Å². The van der Waals surface area contributed by atoms with E-state index in [0.29, 0.717) is 72.1 Å². The smallest absolute Gasteiger partial charge is 0.379 e. The Morgan fingerprint density at radius 1 is 0.652 bits per heavy atom. The van der Waals surface area contributed by atoms with Crippen LogP contribution >= 0.6 is 0 Å². The van der Waals surface area contributed by atoms with Gasteiger partial charge in [-0.05, 0) is 33.7 Å². The molecule has 0 aliphatic heterocycles. The molecule has 8 heteroatoms. The summed E-state index contributed by atoms with van der Waals surface area (Å²) in [5.41, 5.74) is 5.65. The maximum Gasteiger partial charge on any atom is 0.501 e. The van der Waals surface area contributed by atoms with E-state index in [-0.39, 0.29) is 0 Å². The van der Waals surface area contributed by atoms with Crippen molar-refractivity contribution in [1.82, 2.24) is 0 Å². The van der Waals surface area contributed by atoms with Crippen molar-refractivity contribution in [3.63, 3.8) is 0 Å². The van der Waals surface area contributed by atoms with Crippen LogP contribution in [0.5, 0.6) is 0 Å². The van der Waals surface area contributed by atoms with Crippen LogP contribution in [0, 0.1) is 0 Å². The number of hydrogen-bond acceptors (Lipinski definition) is 7. The van der Waals surface area contributed by atoms with Crippen molar-refractivity contribution in [2.75, 3.05) is 66.0 Å². The van der Waals surface area contributed by atoms with Gasteiger partial charge in [0, 0.05) is 25.9 Å². The molecule has 0 amide bonds. The summed E-state index contributed by atoms with van der Waals surface area (Å²) >= 11 is 0. The molecular formula is C15H35NO6Si. The van der Waals surface area contributed by atoms with Gasteiger partial charge in [0.05, 0.1) is 39.6 Å². The standard InChI is InChI=1S/C15H35NO6Si/c1-4-17-9-12-20-23(15-7-8-16,21-13-10-18-5-2)22-14-11-19-6-3/h4-16H2,1-3H3. The maximum absolute atomic E-state index is 6.00. The molecule has 0 radical (unpaired) electrons. The fraction of sp³-hybridized carbons (Fsp3) is 1.00. The molecule has 7 nitrogen and oxygen atoms in total. The highest BCUT2D eigenvalue weighted by molar-refractivity contribution is 6.60. The van der Waals surface area contributed by atoms with Crippen LogP contribution in [-0.4, -0.2) is 74.8 Å². The molecule has 140 valence electrons. The first-order valence-corrected chi connectivity index (χ1v) is 10.5. The van der Waals surface area contributed by atoms with Gasteiger partial charge in [0.15, 0.2) is 0 Å². The van der Waals surface area contributed by atoms with Crippen LogP contribution < -0.4 is 5.73 Å². The second kappa shape index (κ2) is 16.8. The lowest BCUT2D eigenvalue weighted by atomic mass is 10.5. The number of rotatable bonds is 18. The van der Waals surface area contributed by atoms with Crippen LogP contribution in [0.4, 0.5) is 0 Å². The molecule has 2 N–H and O–H groups in total. The third kappa shape index (κ3) is 13.0. The van der Waals surface area contributed by atoms with Gasteiger partial charge in [0.2, 0.25) is 0 Å². The lowest BCUT2D eigenvalue weighted by Gasteiger charge is -2.29. The van der Waals surface area contributed by atoms with Crippen molar-refractivity contribution < 1.29 is 27.5 Å². The van der Waals surface area contributed by atoms with Crippen LogP contribution in [-0.2, 0) is 27.5 Å². The molecule has 0 aliphatic carbocycles. The Kier molecular flexibility index (Phi) is 16.7. The molecule has 0 bridgehead atoms. The minimum absolute atomic E-state index is 0.452. The minimum Gasteiger partial charge on any atom is -0.379 e. The van der Waals surface area contributed by atoms with E-state index in [9.17, 15) is 0 Å². The van der Waals surface area contributed by atoms with Gasteiger partial charge in [-0.1, -0.05) is 0 Å². The number of hydrogen-bond donors (Lipinski definition) is 1. The van der Waals surface area contributed by atoms with E-state index in [0.717, 1.165) is 6.42 Å². The van der Waals surface area contributed by atoms with Crippen molar-refractivity contribution in [2.24, 2.45) is 5.73 Å². The van der Waals surface area contributed by atoms with E-state index in [2.05, 4.69) is 0 Å². The van der Waals surface area contributed by atoms with Crippen molar-refractivity contribution in [2.45, 2.75) is 33.2 Å². The van der Waals surface area contributed by atoms with Gasteiger partial charge in [0.1, 0.15) is 0 Å². The third-order valence-corrected chi connectivity index (χ3v) is 5.85. The van der Waals surface area contributed by atoms with E-state index >= 15 is 0 Å². The van der Waals surface area contributed by atoms with E-state index in [1.807, 2.05) is 20.8 Å². The molecule has 0 heterocycles. The molecule has 0 rings (SSSR count). The Bertz CT molecular complexity index is 217. The fourth-order valence-corrected chi connectivity index (χ4v) is 4.36. The van der Waals surface area contributed by atoms with E-state index in [1.54, 1.807) is 0 Å². The fourth-order valence-electron chi connectivity index (χ4n) is 1.86. The van der Waals surface area contributed by atoms with Crippen molar-refractivity contribution >= 4 is 8.80 Å². The Hall–Kier alpha value is -0.0631.